The monoisotopic (exact) mass is 506 g/mol. The number of nitrogens with two attached hydrogens (primary N) is 1. The van der Waals surface area contributed by atoms with E-state index in [1.807, 2.05) is 43.3 Å². The minimum absolute atomic E-state index is 0.113. The smallest absolute Gasteiger partial charge is 0.309 e. The van der Waals surface area contributed by atoms with Crippen LogP contribution in [0.2, 0.25) is 5.02 Å². The molecule has 36 heavy (non-hydrogen) atoms. The number of fused-ring (bicyclic) bond motifs is 1. The van der Waals surface area contributed by atoms with E-state index in [0.29, 0.717) is 71.8 Å². The van der Waals surface area contributed by atoms with Crippen molar-refractivity contribution in [2.24, 2.45) is 5.92 Å². The molecular weight excluding hydrogens is 480 g/mol. The fourth-order valence-electron chi connectivity index (χ4n) is 4.53. The van der Waals surface area contributed by atoms with E-state index in [4.69, 9.17) is 41.9 Å². The molecule has 0 saturated carbocycles. The van der Waals surface area contributed by atoms with Gasteiger partial charge in [-0.15, -0.1) is 5.10 Å². The van der Waals surface area contributed by atoms with E-state index in [9.17, 15) is 4.79 Å². The molecule has 1 saturated heterocycles. The second kappa shape index (κ2) is 10.0. The highest BCUT2D eigenvalue weighted by atomic mass is 35.5. The van der Waals surface area contributed by atoms with Crippen LogP contribution >= 0.6 is 11.6 Å². The van der Waals surface area contributed by atoms with Gasteiger partial charge in [-0.2, -0.15) is 4.98 Å². The van der Waals surface area contributed by atoms with Gasteiger partial charge in [0.25, 0.3) is 0 Å². The summed E-state index contributed by atoms with van der Waals surface area (Å²) < 4.78 is 12.5. The summed E-state index contributed by atoms with van der Waals surface area (Å²) in [7, 11) is 1.62. The Balaban J connectivity index is 1.61. The Labute approximate surface area is 213 Å². The van der Waals surface area contributed by atoms with Crippen molar-refractivity contribution >= 4 is 40.4 Å². The number of benzene rings is 2. The van der Waals surface area contributed by atoms with Crippen LogP contribution < -0.4 is 15.4 Å². The Kier molecular flexibility index (Phi) is 6.65. The van der Waals surface area contributed by atoms with E-state index >= 15 is 0 Å². The van der Waals surface area contributed by atoms with E-state index in [2.05, 4.69) is 4.90 Å². The lowest BCUT2D eigenvalue weighted by Crippen LogP contribution is -2.38. The first-order valence-electron chi connectivity index (χ1n) is 11.9. The number of carbonyl (C=O) groups excluding carboxylic acids is 1. The van der Waals surface area contributed by atoms with Gasteiger partial charge in [0.1, 0.15) is 11.6 Å². The standard InChI is InChI=1S/C26H27ClN6O3/c1-3-36-25(34)16-12-14-32(15-13-16)26-29-22(19-6-4-5-7-20(19)35-2)21-23(28)33(31-24(21)30-26)18-10-8-17(27)9-11-18/h4-11,16H,3,12-15,28H2,1-2H3. The van der Waals surface area contributed by atoms with Gasteiger partial charge in [0.05, 0.1) is 36.4 Å². The molecule has 1 aliphatic rings. The Morgan fingerprint density at radius 2 is 1.83 bits per heavy atom. The van der Waals surface area contributed by atoms with Crippen LogP contribution in [0.1, 0.15) is 19.8 Å². The third-order valence-corrected chi connectivity index (χ3v) is 6.64. The average Bonchev–Trinajstić information content (AvgIpc) is 3.25. The molecule has 9 nitrogen and oxygen atoms in total. The van der Waals surface area contributed by atoms with Gasteiger partial charge in [0.15, 0.2) is 5.65 Å². The summed E-state index contributed by atoms with van der Waals surface area (Å²) in [5.41, 5.74) is 9.29. The number of hydrogen-bond donors (Lipinski definition) is 1. The van der Waals surface area contributed by atoms with Gasteiger partial charge in [-0.05, 0) is 56.2 Å². The molecule has 10 heteroatoms. The van der Waals surface area contributed by atoms with Gasteiger partial charge in [-0.1, -0.05) is 23.7 Å². The van der Waals surface area contributed by atoms with Crippen molar-refractivity contribution in [1.29, 1.82) is 0 Å². The average molecular weight is 507 g/mol. The number of esters is 1. The number of hydrogen-bond acceptors (Lipinski definition) is 8. The number of nitrogen functional groups attached to an aromatic ring is 1. The third-order valence-electron chi connectivity index (χ3n) is 6.39. The van der Waals surface area contributed by atoms with E-state index in [-0.39, 0.29) is 11.9 Å². The molecule has 3 heterocycles. The van der Waals surface area contributed by atoms with Crippen LogP contribution in [0, 0.1) is 5.92 Å². The normalized spacial score (nSPS) is 14.2. The molecule has 0 aliphatic carbocycles. The van der Waals surface area contributed by atoms with Crippen LogP contribution in [-0.4, -0.2) is 52.5 Å². The molecule has 0 spiro atoms. The van der Waals surface area contributed by atoms with E-state index in [1.54, 1.807) is 23.9 Å². The highest BCUT2D eigenvalue weighted by molar-refractivity contribution is 6.30. The van der Waals surface area contributed by atoms with E-state index in [1.165, 1.54) is 0 Å². The fourth-order valence-corrected chi connectivity index (χ4v) is 4.66. The highest BCUT2D eigenvalue weighted by Crippen LogP contribution is 2.38. The van der Waals surface area contributed by atoms with Crippen molar-refractivity contribution in [3.63, 3.8) is 0 Å². The molecule has 186 valence electrons. The SMILES string of the molecule is CCOC(=O)C1CCN(c2nc(-c3ccccc3OC)c3c(N)n(-c4ccc(Cl)cc4)nc3n2)CC1. The number of para-hydroxylation sites is 1. The fraction of sp³-hybridized carbons (Fsp3) is 0.308. The van der Waals surface area contributed by atoms with Gasteiger partial charge < -0.3 is 20.1 Å². The number of aromatic nitrogens is 4. The van der Waals surface area contributed by atoms with Crippen LogP contribution in [0.15, 0.2) is 48.5 Å². The molecule has 4 aromatic rings. The molecule has 2 aromatic carbocycles. The molecular formula is C26H27ClN6O3. The first kappa shape index (κ1) is 23.9. The van der Waals surface area contributed by atoms with Crippen LogP contribution in [-0.2, 0) is 9.53 Å². The number of anilines is 2. The Morgan fingerprint density at radius 3 is 2.53 bits per heavy atom. The molecule has 0 unspecified atom stereocenters. The Morgan fingerprint density at radius 1 is 1.11 bits per heavy atom. The minimum Gasteiger partial charge on any atom is -0.496 e. The quantitative estimate of drug-likeness (QED) is 0.380. The minimum atomic E-state index is -0.141. The Bertz CT molecular complexity index is 1400. The van der Waals surface area contributed by atoms with Crippen LogP contribution in [0.4, 0.5) is 11.8 Å². The van der Waals surface area contributed by atoms with Crippen LogP contribution in [0.25, 0.3) is 28.0 Å². The summed E-state index contributed by atoms with van der Waals surface area (Å²) in [6, 6.07) is 14.9. The zero-order valence-corrected chi connectivity index (χ0v) is 20.9. The van der Waals surface area contributed by atoms with Crippen molar-refractivity contribution < 1.29 is 14.3 Å². The predicted octanol–water partition coefficient (Wildman–Crippen LogP) is 4.51. The molecule has 0 bridgehead atoms. The summed E-state index contributed by atoms with van der Waals surface area (Å²) in [6.07, 6.45) is 1.34. The van der Waals surface area contributed by atoms with Crippen molar-refractivity contribution in [2.45, 2.75) is 19.8 Å². The van der Waals surface area contributed by atoms with Gasteiger partial charge in [-0.3, -0.25) is 4.79 Å². The van der Waals surface area contributed by atoms with Crippen molar-refractivity contribution in [3.05, 3.63) is 53.6 Å². The van der Waals surface area contributed by atoms with Gasteiger partial charge >= 0.3 is 5.97 Å². The summed E-state index contributed by atoms with van der Waals surface area (Å²) in [4.78, 5) is 24.0. The largest absolute Gasteiger partial charge is 0.496 e. The second-order valence-electron chi connectivity index (χ2n) is 8.56. The summed E-state index contributed by atoms with van der Waals surface area (Å²) in [5.74, 6) is 1.37. The lowest BCUT2D eigenvalue weighted by Gasteiger charge is -2.31. The van der Waals surface area contributed by atoms with E-state index in [0.717, 1.165) is 11.3 Å². The first-order valence-corrected chi connectivity index (χ1v) is 12.2. The molecule has 5 rings (SSSR count). The highest BCUT2D eigenvalue weighted by Gasteiger charge is 2.29. The van der Waals surface area contributed by atoms with Gasteiger partial charge in [0, 0.05) is 23.7 Å². The molecule has 0 atom stereocenters. The van der Waals surface area contributed by atoms with Crippen molar-refractivity contribution in [1.82, 2.24) is 19.7 Å². The zero-order valence-electron chi connectivity index (χ0n) is 20.1. The molecule has 2 N–H and O–H groups in total. The summed E-state index contributed by atoms with van der Waals surface area (Å²) >= 11 is 6.08. The maximum Gasteiger partial charge on any atom is 0.309 e. The van der Waals surface area contributed by atoms with E-state index < -0.39 is 0 Å². The maximum atomic E-state index is 12.2. The van der Waals surface area contributed by atoms with Gasteiger partial charge in [0.2, 0.25) is 5.95 Å². The number of nitrogens with zero attached hydrogens (tertiary/aromatic N) is 5. The molecule has 0 radical (unpaired) electrons. The number of piperidine rings is 1. The second-order valence-corrected chi connectivity index (χ2v) is 8.99. The number of carbonyl (C=O) groups is 1. The summed E-state index contributed by atoms with van der Waals surface area (Å²) in [6.45, 7) is 3.48. The molecule has 0 amide bonds. The number of methoxy groups -OCH3 is 1. The maximum absolute atomic E-state index is 12.2. The van der Waals surface area contributed by atoms with Crippen LogP contribution in [0.5, 0.6) is 5.75 Å². The third kappa shape index (κ3) is 4.42. The van der Waals surface area contributed by atoms with Crippen LogP contribution in [0.3, 0.4) is 0 Å². The van der Waals surface area contributed by atoms with Crippen molar-refractivity contribution in [2.75, 3.05) is 37.4 Å². The lowest BCUT2D eigenvalue weighted by atomic mass is 9.97. The molecule has 1 aliphatic heterocycles. The van der Waals surface area contributed by atoms with Gasteiger partial charge in [-0.25, -0.2) is 9.67 Å². The topological polar surface area (TPSA) is 108 Å². The van der Waals surface area contributed by atoms with Crippen molar-refractivity contribution in [3.8, 4) is 22.7 Å². The number of rotatable bonds is 6. The molecule has 1 fully saturated rings. The summed E-state index contributed by atoms with van der Waals surface area (Å²) in [5, 5.41) is 5.99. The zero-order chi connectivity index (χ0) is 25.2. The molecule has 2 aromatic heterocycles. The first-order chi connectivity index (χ1) is 17.5. The Hall–Kier alpha value is -3.85. The number of halogens is 1. The predicted molar refractivity (Wildman–Crippen MR) is 140 cm³/mol. The lowest BCUT2D eigenvalue weighted by molar-refractivity contribution is -0.148. The number of ether oxygens (including phenoxy) is 2.